The number of carbonyl (C=O) groups excluding carboxylic acids is 2. The van der Waals surface area contributed by atoms with Crippen LogP contribution in [0.4, 0.5) is 4.79 Å². The molecule has 0 aromatic rings. The average Bonchev–Trinajstić information content (AvgIpc) is 2.12. The monoisotopic (exact) mass is 243 g/mol. The van der Waals surface area contributed by atoms with Gasteiger partial charge in [0.05, 0.1) is 18.7 Å². The number of aldehydes is 1. The first-order valence-electron chi connectivity index (χ1n) is 5.74. The molecule has 1 saturated heterocycles. The molecule has 1 atom stereocenters. The van der Waals surface area contributed by atoms with Crippen molar-refractivity contribution in [3.63, 3.8) is 0 Å². The van der Waals surface area contributed by atoms with Crippen LogP contribution in [0, 0.1) is 0 Å². The Balaban J connectivity index is 2.70. The van der Waals surface area contributed by atoms with E-state index in [9.17, 15) is 9.59 Å². The largest absolute Gasteiger partial charge is 0.444 e. The van der Waals surface area contributed by atoms with E-state index in [0.717, 1.165) is 6.29 Å². The predicted octanol–water partition coefficient (Wildman–Crippen LogP) is 1.60. The zero-order valence-electron chi connectivity index (χ0n) is 11.1. The van der Waals surface area contributed by atoms with Gasteiger partial charge < -0.3 is 19.2 Å². The second kappa shape index (κ2) is 4.64. The van der Waals surface area contributed by atoms with E-state index < -0.39 is 23.4 Å². The van der Waals surface area contributed by atoms with Gasteiger partial charge in [0.1, 0.15) is 11.7 Å². The van der Waals surface area contributed by atoms with E-state index in [1.807, 2.05) is 34.6 Å². The van der Waals surface area contributed by atoms with Crippen LogP contribution in [-0.2, 0) is 14.3 Å². The molecule has 5 nitrogen and oxygen atoms in total. The molecule has 0 aromatic carbocycles. The first kappa shape index (κ1) is 14.0. The lowest BCUT2D eigenvalue weighted by Gasteiger charge is -2.41. The highest BCUT2D eigenvalue weighted by Crippen LogP contribution is 2.22. The van der Waals surface area contributed by atoms with Crippen molar-refractivity contribution in [1.29, 1.82) is 0 Å². The van der Waals surface area contributed by atoms with Crippen LogP contribution in [-0.4, -0.2) is 47.7 Å². The molecular weight excluding hydrogens is 222 g/mol. The van der Waals surface area contributed by atoms with Crippen molar-refractivity contribution in [2.75, 3.05) is 13.1 Å². The Morgan fingerprint density at radius 3 is 2.53 bits per heavy atom. The smallest absolute Gasteiger partial charge is 0.410 e. The summed E-state index contributed by atoms with van der Waals surface area (Å²) in [6.45, 7) is 9.81. The Labute approximate surface area is 102 Å². The maximum absolute atomic E-state index is 11.9. The highest BCUT2D eigenvalue weighted by atomic mass is 16.6. The number of hydrogen-bond donors (Lipinski definition) is 0. The Bertz CT molecular complexity index is 306. The summed E-state index contributed by atoms with van der Waals surface area (Å²) in [5.74, 6) is 0. The third-order valence-electron chi connectivity index (χ3n) is 2.25. The fourth-order valence-corrected chi connectivity index (χ4v) is 1.76. The van der Waals surface area contributed by atoms with E-state index in [0.29, 0.717) is 6.54 Å². The van der Waals surface area contributed by atoms with Crippen molar-refractivity contribution in [3.8, 4) is 0 Å². The topological polar surface area (TPSA) is 55.8 Å². The molecular formula is C12H21NO4. The molecule has 0 spiro atoms. The molecule has 1 amide bonds. The molecule has 0 aliphatic carbocycles. The molecule has 1 aliphatic rings. The lowest BCUT2D eigenvalue weighted by atomic mass is 10.1. The summed E-state index contributed by atoms with van der Waals surface area (Å²) in [6, 6.07) is 0. The highest BCUT2D eigenvalue weighted by molar-refractivity contribution is 5.69. The summed E-state index contributed by atoms with van der Waals surface area (Å²) in [4.78, 5) is 24.2. The van der Waals surface area contributed by atoms with Gasteiger partial charge in [-0.3, -0.25) is 0 Å². The van der Waals surface area contributed by atoms with Gasteiger partial charge in [0.2, 0.25) is 0 Å². The number of carbonyl (C=O) groups is 2. The van der Waals surface area contributed by atoms with Crippen LogP contribution in [0.1, 0.15) is 34.6 Å². The van der Waals surface area contributed by atoms with Crippen LogP contribution in [0.3, 0.4) is 0 Å². The number of rotatable bonds is 1. The fraction of sp³-hybridized carbons (Fsp3) is 0.833. The molecule has 1 heterocycles. The standard InChI is InChI=1S/C12H21NO4/c1-11(2,3)17-10(15)13-6-9(7-14)16-12(4,5)8-13/h7,9H,6,8H2,1-5H3/t9-/m0/s1. The zero-order chi connectivity index (χ0) is 13.3. The molecule has 0 saturated carbocycles. The molecule has 98 valence electrons. The summed E-state index contributed by atoms with van der Waals surface area (Å²) in [7, 11) is 0. The van der Waals surface area contributed by atoms with Crippen LogP contribution in [0.5, 0.6) is 0 Å². The number of amides is 1. The van der Waals surface area contributed by atoms with Gasteiger partial charge in [0.15, 0.2) is 6.29 Å². The highest BCUT2D eigenvalue weighted by Gasteiger charge is 2.37. The predicted molar refractivity (Wildman–Crippen MR) is 62.8 cm³/mol. The summed E-state index contributed by atoms with van der Waals surface area (Å²) in [5.41, 5.74) is -1.06. The third kappa shape index (κ3) is 4.34. The van der Waals surface area contributed by atoms with Gasteiger partial charge in [0.25, 0.3) is 0 Å². The van der Waals surface area contributed by atoms with E-state index in [1.54, 1.807) is 0 Å². The molecule has 1 rings (SSSR count). The van der Waals surface area contributed by atoms with Crippen molar-refractivity contribution in [1.82, 2.24) is 4.90 Å². The molecule has 5 heteroatoms. The molecule has 0 unspecified atom stereocenters. The zero-order valence-corrected chi connectivity index (χ0v) is 11.1. The van der Waals surface area contributed by atoms with E-state index in [-0.39, 0.29) is 6.54 Å². The van der Waals surface area contributed by atoms with E-state index in [4.69, 9.17) is 9.47 Å². The van der Waals surface area contributed by atoms with Gasteiger partial charge >= 0.3 is 6.09 Å². The van der Waals surface area contributed by atoms with Crippen molar-refractivity contribution < 1.29 is 19.1 Å². The lowest BCUT2D eigenvalue weighted by Crippen LogP contribution is -2.55. The Morgan fingerprint density at radius 2 is 2.06 bits per heavy atom. The van der Waals surface area contributed by atoms with Gasteiger partial charge in [-0.05, 0) is 34.6 Å². The number of nitrogens with zero attached hydrogens (tertiary/aromatic N) is 1. The number of ether oxygens (including phenoxy) is 2. The minimum Gasteiger partial charge on any atom is -0.444 e. The number of hydrogen-bond acceptors (Lipinski definition) is 4. The van der Waals surface area contributed by atoms with E-state index >= 15 is 0 Å². The first-order valence-corrected chi connectivity index (χ1v) is 5.74. The molecule has 1 fully saturated rings. The Kier molecular flexibility index (Phi) is 3.81. The summed E-state index contributed by atoms with van der Waals surface area (Å²) >= 11 is 0. The van der Waals surface area contributed by atoms with Gasteiger partial charge in [-0.15, -0.1) is 0 Å². The van der Waals surface area contributed by atoms with Gasteiger partial charge in [0, 0.05) is 0 Å². The molecule has 0 bridgehead atoms. The third-order valence-corrected chi connectivity index (χ3v) is 2.25. The van der Waals surface area contributed by atoms with Crippen molar-refractivity contribution >= 4 is 12.4 Å². The number of morpholine rings is 1. The van der Waals surface area contributed by atoms with Crippen LogP contribution < -0.4 is 0 Å². The summed E-state index contributed by atoms with van der Waals surface area (Å²) in [5, 5.41) is 0. The first-order chi connectivity index (χ1) is 7.63. The van der Waals surface area contributed by atoms with Gasteiger partial charge in [-0.1, -0.05) is 0 Å². The van der Waals surface area contributed by atoms with Crippen molar-refractivity contribution in [3.05, 3.63) is 0 Å². The quantitative estimate of drug-likeness (QED) is 0.656. The van der Waals surface area contributed by atoms with Crippen LogP contribution in [0.15, 0.2) is 0 Å². The van der Waals surface area contributed by atoms with Crippen LogP contribution in [0.25, 0.3) is 0 Å². The molecule has 1 aliphatic heterocycles. The lowest BCUT2D eigenvalue weighted by molar-refractivity contribution is -0.149. The Morgan fingerprint density at radius 1 is 1.47 bits per heavy atom. The minimum atomic E-state index is -0.578. The van der Waals surface area contributed by atoms with Crippen molar-refractivity contribution in [2.45, 2.75) is 51.9 Å². The van der Waals surface area contributed by atoms with Crippen LogP contribution >= 0.6 is 0 Å². The summed E-state index contributed by atoms with van der Waals surface area (Å²) < 4.78 is 10.8. The molecule has 0 aromatic heterocycles. The second-order valence-corrected chi connectivity index (χ2v) is 5.91. The maximum atomic E-state index is 11.9. The van der Waals surface area contributed by atoms with Gasteiger partial charge in [-0.2, -0.15) is 0 Å². The fourth-order valence-electron chi connectivity index (χ4n) is 1.76. The minimum absolute atomic E-state index is 0.252. The van der Waals surface area contributed by atoms with E-state index in [2.05, 4.69) is 0 Å². The Hall–Kier alpha value is -1.10. The van der Waals surface area contributed by atoms with Crippen molar-refractivity contribution in [2.24, 2.45) is 0 Å². The molecule has 0 N–H and O–H groups in total. The normalized spacial score (nSPS) is 24.3. The van der Waals surface area contributed by atoms with E-state index in [1.165, 1.54) is 4.90 Å². The van der Waals surface area contributed by atoms with Gasteiger partial charge in [-0.25, -0.2) is 4.79 Å². The SMILES string of the molecule is CC(C)(C)OC(=O)N1C[C@@H](C=O)OC(C)(C)C1. The summed E-state index contributed by atoms with van der Waals surface area (Å²) in [6.07, 6.45) is -0.259. The second-order valence-electron chi connectivity index (χ2n) is 5.91. The van der Waals surface area contributed by atoms with Crippen LogP contribution in [0.2, 0.25) is 0 Å². The molecule has 0 radical (unpaired) electrons. The molecule has 17 heavy (non-hydrogen) atoms. The maximum Gasteiger partial charge on any atom is 0.410 e. The average molecular weight is 243 g/mol.